The lowest BCUT2D eigenvalue weighted by Crippen LogP contribution is -2.70. The van der Waals surface area contributed by atoms with Gasteiger partial charge in [-0.15, -0.1) is 0 Å². The minimum Gasteiger partial charge on any atom is -0.467 e. The van der Waals surface area contributed by atoms with E-state index in [9.17, 15) is 18.0 Å². The van der Waals surface area contributed by atoms with Crippen LogP contribution >= 0.6 is 0 Å². The van der Waals surface area contributed by atoms with Crippen molar-refractivity contribution in [3.05, 3.63) is 35.9 Å². The van der Waals surface area contributed by atoms with Crippen molar-refractivity contribution in [2.75, 3.05) is 25.2 Å². The number of methoxy groups -OCH3 is 1. The van der Waals surface area contributed by atoms with Crippen molar-refractivity contribution >= 4 is 21.9 Å². The van der Waals surface area contributed by atoms with Crippen LogP contribution in [0.5, 0.6) is 0 Å². The van der Waals surface area contributed by atoms with Crippen molar-refractivity contribution in [3.63, 3.8) is 0 Å². The van der Waals surface area contributed by atoms with Gasteiger partial charge in [-0.25, -0.2) is 18.0 Å². The lowest BCUT2D eigenvalue weighted by molar-refractivity contribution is -0.152. The number of rotatable bonds is 7. The monoisotopic (exact) mass is 371 g/mol. The highest BCUT2D eigenvalue weighted by atomic mass is 32.2. The Morgan fingerprint density at radius 1 is 1.24 bits per heavy atom. The fraction of sp³-hybridized carbons (Fsp3) is 0.500. The zero-order valence-corrected chi connectivity index (χ0v) is 14.9. The summed E-state index contributed by atoms with van der Waals surface area (Å²) in [5, 5.41) is 2.38. The van der Waals surface area contributed by atoms with Gasteiger partial charge >= 0.3 is 12.1 Å². The van der Waals surface area contributed by atoms with E-state index in [1.807, 2.05) is 6.07 Å². The molecule has 1 amide bonds. The summed E-state index contributed by atoms with van der Waals surface area (Å²) in [5.74, 6) is -1.53. The van der Waals surface area contributed by atoms with Gasteiger partial charge < -0.3 is 19.5 Å². The number of hydrogen-bond acceptors (Lipinski definition) is 7. The molecule has 0 radical (unpaired) electrons. The molecule has 2 rings (SSSR count). The van der Waals surface area contributed by atoms with E-state index in [2.05, 4.69) is 10.1 Å². The number of carbonyl (C=O) groups is 2. The Labute approximate surface area is 146 Å². The molecule has 1 N–H and O–H groups in total. The molecular formula is C16H21NO7S. The molecule has 1 atom stereocenters. The van der Waals surface area contributed by atoms with Gasteiger partial charge in [-0.3, -0.25) is 0 Å². The van der Waals surface area contributed by atoms with Crippen molar-refractivity contribution in [1.29, 1.82) is 0 Å². The maximum absolute atomic E-state index is 12.1. The molecule has 1 aromatic carbocycles. The van der Waals surface area contributed by atoms with Gasteiger partial charge in [0.2, 0.25) is 0 Å². The van der Waals surface area contributed by atoms with Crippen molar-refractivity contribution in [2.24, 2.45) is 0 Å². The summed E-state index contributed by atoms with van der Waals surface area (Å²) >= 11 is 0. The van der Waals surface area contributed by atoms with Crippen LogP contribution in [-0.2, 0) is 35.4 Å². The second-order valence-electron chi connectivity index (χ2n) is 5.69. The lowest BCUT2D eigenvalue weighted by atomic mass is 9.97. The molecule has 138 valence electrons. The SMILES string of the molecule is CCOC1(C(NC(=O)OCc2ccccc2)C(=O)OC)CS(=O)(=O)C1. The Balaban J connectivity index is 2.06. The van der Waals surface area contributed by atoms with Gasteiger partial charge in [-0.1, -0.05) is 30.3 Å². The van der Waals surface area contributed by atoms with Crippen LogP contribution in [0.25, 0.3) is 0 Å². The first-order valence-electron chi connectivity index (χ1n) is 7.71. The number of esters is 1. The Kier molecular flexibility index (Phi) is 6.02. The van der Waals surface area contributed by atoms with Gasteiger partial charge in [0.15, 0.2) is 15.9 Å². The molecular weight excluding hydrogens is 350 g/mol. The predicted molar refractivity (Wildman–Crippen MR) is 88.6 cm³/mol. The molecule has 1 unspecified atom stereocenters. The first-order valence-corrected chi connectivity index (χ1v) is 9.53. The average Bonchev–Trinajstić information content (AvgIpc) is 2.56. The van der Waals surface area contributed by atoms with E-state index in [0.29, 0.717) is 0 Å². The second kappa shape index (κ2) is 7.83. The highest BCUT2D eigenvalue weighted by molar-refractivity contribution is 7.93. The Morgan fingerprint density at radius 2 is 1.88 bits per heavy atom. The normalized spacial score (nSPS) is 18.5. The van der Waals surface area contributed by atoms with Gasteiger partial charge in [-0.05, 0) is 12.5 Å². The third-order valence-corrected chi connectivity index (χ3v) is 5.66. The van der Waals surface area contributed by atoms with Crippen LogP contribution in [0.15, 0.2) is 30.3 Å². The van der Waals surface area contributed by atoms with Crippen LogP contribution in [0.4, 0.5) is 4.79 Å². The molecule has 8 nitrogen and oxygen atoms in total. The number of benzene rings is 1. The van der Waals surface area contributed by atoms with Gasteiger partial charge in [0.1, 0.15) is 12.2 Å². The van der Waals surface area contributed by atoms with Gasteiger partial charge in [-0.2, -0.15) is 0 Å². The van der Waals surface area contributed by atoms with Crippen molar-refractivity contribution in [1.82, 2.24) is 5.32 Å². The number of amides is 1. The summed E-state index contributed by atoms with van der Waals surface area (Å²) in [5.41, 5.74) is -0.565. The fourth-order valence-corrected chi connectivity index (χ4v) is 4.63. The summed E-state index contributed by atoms with van der Waals surface area (Å²) in [4.78, 5) is 24.1. The third kappa shape index (κ3) is 4.70. The Hall–Kier alpha value is -2.13. The number of nitrogens with one attached hydrogen (secondary N) is 1. The molecule has 0 saturated carbocycles. The molecule has 25 heavy (non-hydrogen) atoms. The van der Waals surface area contributed by atoms with E-state index in [-0.39, 0.29) is 24.7 Å². The van der Waals surface area contributed by atoms with Crippen molar-refractivity contribution < 1.29 is 32.2 Å². The van der Waals surface area contributed by atoms with Crippen LogP contribution in [0.2, 0.25) is 0 Å². The van der Waals surface area contributed by atoms with Gasteiger partial charge in [0.25, 0.3) is 0 Å². The van der Waals surface area contributed by atoms with E-state index >= 15 is 0 Å². The lowest BCUT2D eigenvalue weighted by Gasteiger charge is -2.44. The third-order valence-electron chi connectivity index (χ3n) is 3.80. The topological polar surface area (TPSA) is 108 Å². The van der Waals surface area contributed by atoms with Crippen LogP contribution in [0.1, 0.15) is 12.5 Å². The summed E-state index contributed by atoms with van der Waals surface area (Å²) in [6.07, 6.45) is -0.859. The quantitative estimate of drug-likeness (QED) is 0.701. The first kappa shape index (κ1) is 19.2. The second-order valence-corrected chi connectivity index (χ2v) is 7.76. The molecule has 0 aliphatic carbocycles. The number of ether oxygens (including phenoxy) is 3. The summed E-state index contributed by atoms with van der Waals surface area (Å²) in [6, 6.07) is 7.73. The van der Waals surface area contributed by atoms with E-state index in [1.54, 1.807) is 31.2 Å². The number of sulfone groups is 1. The standard InChI is InChI=1S/C16H21NO7S/c1-3-24-16(10-25(20,21)11-16)13(14(18)22-2)17-15(19)23-9-12-7-5-4-6-8-12/h4-8,13H,3,9-11H2,1-2H3,(H,17,19). The molecule has 1 saturated heterocycles. The Morgan fingerprint density at radius 3 is 2.40 bits per heavy atom. The van der Waals surface area contributed by atoms with Gasteiger partial charge in [0.05, 0.1) is 18.6 Å². The van der Waals surface area contributed by atoms with Gasteiger partial charge in [0, 0.05) is 6.61 Å². The molecule has 0 bridgehead atoms. The van der Waals surface area contributed by atoms with E-state index < -0.39 is 33.5 Å². The molecule has 9 heteroatoms. The molecule has 0 spiro atoms. The summed E-state index contributed by atoms with van der Waals surface area (Å²) < 4.78 is 38.5. The first-order chi connectivity index (χ1) is 11.8. The van der Waals surface area contributed by atoms with Crippen LogP contribution in [0, 0.1) is 0 Å². The molecule has 1 aromatic rings. The number of carbonyl (C=O) groups excluding carboxylic acids is 2. The highest BCUT2D eigenvalue weighted by Crippen LogP contribution is 2.32. The zero-order chi connectivity index (χ0) is 18.5. The molecule has 1 aliphatic heterocycles. The molecule has 1 fully saturated rings. The van der Waals surface area contributed by atoms with Crippen LogP contribution in [-0.4, -0.2) is 57.3 Å². The van der Waals surface area contributed by atoms with Crippen molar-refractivity contribution in [2.45, 2.75) is 25.2 Å². The summed E-state index contributed by atoms with van der Waals surface area (Å²) in [6.45, 7) is 1.87. The summed E-state index contributed by atoms with van der Waals surface area (Å²) in [7, 11) is -2.16. The molecule has 1 aliphatic rings. The van der Waals surface area contributed by atoms with E-state index in [4.69, 9.17) is 9.47 Å². The zero-order valence-electron chi connectivity index (χ0n) is 14.1. The maximum Gasteiger partial charge on any atom is 0.408 e. The molecule has 1 heterocycles. The minimum atomic E-state index is -3.31. The average molecular weight is 371 g/mol. The number of hydrogen-bond donors (Lipinski definition) is 1. The largest absolute Gasteiger partial charge is 0.467 e. The minimum absolute atomic E-state index is 0.0144. The van der Waals surface area contributed by atoms with Crippen LogP contribution in [0.3, 0.4) is 0 Å². The smallest absolute Gasteiger partial charge is 0.408 e. The van der Waals surface area contributed by atoms with Crippen molar-refractivity contribution in [3.8, 4) is 0 Å². The highest BCUT2D eigenvalue weighted by Gasteiger charge is 2.58. The Bertz CT molecular complexity index is 705. The van der Waals surface area contributed by atoms with E-state index in [0.717, 1.165) is 12.7 Å². The fourth-order valence-electron chi connectivity index (χ4n) is 2.73. The van der Waals surface area contributed by atoms with E-state index in [1.165, 1.54) is 0 Å². The maximum atomic E-state index is 12.1. The predicted octanol–water partition coefficient (Wildman–Crippen LogP) is 0.658. The number of alkyl carbamates (subject to hydrolysis) is 1. The molecule has 0 aromatic heterocycles. The van der Waals surface area contributed by atoms with Crippen LogP contribution < -0.4 is 5.32 Å².